The van der Waals surface area contributed by atoms with Crippen LogP contribution < -0.4 is 14.8 Å². The molecule has 2 atom stereocenters. The molecule has 1 N–H and O–H groups in total. The van der Waals surface area contributed by atoms with E-state index in [0.29, 0.717) is 17.9 Å². The van der Waals surface area contributed by atoms with Gasteiger partial charge in [-0.15, -0.1) is 0 Å². The molecule has 2 fully saturated rings. The van der Waals surface area contributed by atoms with Crippen molar-refractivity contribution >= 4 is 0 Å². The number of ether oxygens (including phenoxy) is 2. The number of rotatable bonds is 6. The van der Waals surface area contributed by atoms with E-state index >= 15 is 0 Å². The molecule has 0 unspecified atom stereocenters. The number of pyridine rings is 1. The number of nitrogens with one attached hydrogen (secondary N) is 1. The summed E-state index contributed by atoms with van der Waals surface area (Å²) in [4.78, 5) is 4.69. The fraction of sp³-hybridized carbons (Fsp3) is 0.542. The Hall–Kier alpha value is -2.07. The van der Waals surface area contributed by atoms with E-state index in [0.717, 1.165) is 49.5 Å². The Morgan fingerprint density at radius 3 is 2.71 bits per heavy atom. The Morgan fingerprint density at radius 2 is 1.93 bits per heavy atom. The predicted molar refractivity (Wildman–Crippen MR) is 112 cm³/mol. The number of nitrogens with zero attached hydrogens (tertiary/aromatic N) is 1. The van der Waals surface area contributed by atoms with Gasteiger partial charge >= 0.3 is 0 Å². The van der Waals surface area contributed by atoms with Crippen molar-refractivity contribution in [2.24, 2.45) is 5.92 Å². The van der Waals surface area contributed by atoms with Gasteiger partial charge in [0.1, 0.15) is 0 Å². The predicted octanol–water partition coefficient (Wildman–Crippen LogP) is 4.66. The van der Waals surface area contributed by atoms with Crippen LogP contribution in [0, 0.1) is 12.8 Å². The van der Waals surface area contributed by atoms with Gasteiger partial charge < -0.3 is 14.8 Å². The summed E-state index contributed by atoms with van der Waals surface area (Å²) in [5.41, 5.74) is 3.65. The van der Waals surface area contributed by atoms with Gasteiger partial charge in [0.25, 0.3) is 0 Å². The summed E-state index contributed by atoms with van der Waals surface area (Å²) in [7, 11) is 1.73. The largest absolute Gasteiger partial charge is 0.493 e. The highest BCUT2D eigenvalue weighted by molar-refractivity contribution is 5.44. The Labute approximate surface area is 168 Å². The number of aromatic nitrogens is 1. The van der Waals surface area contributed by atoms with Crippen molar-refractivity contribution in [2.45, 2.75) is 57.5 Å². The lowest BCUT2D eigenvalue weighted by molar-refractivity contribution is 0.200. The first-order chi connectivity index (χ1) is 13.7. The topological polar surface area (TPSA) is 43.4 Å². The zero-order valence-electron chi connectivity index (χ0n) is 17.1. The maximum absolute atomic E-state index is 6.31. The molecule has 1 aromatic heterocycles. The van der Waals surface area contributed by atoms with Gasteiger partial charge in [0.2, 0.25) is 0 Å². The average Bonchev–Trinajstić information content (AvgIpc) is 3.21. The number of methoxy groups -OCH3 is 1. The standard InChI is InChI=1S/C24H32N2O2/c1-17-6-5-7-21(26-17)13-18-12-20(16-25-15-18)19-10-11-23(27-2)24(14-19)28-22-8-3-4-9-22/h5-7,10-11,14,18,20,22,25H,3-4,8-9,12-13,15-16H2,1-2H3/t18-,20-/m1/s1. The molecule has 2 aromatic rings. The fourth-order valence-electron chi connectivity index (χ4n) is 4.67. The van der Waals surface area contributed by atoms with Crippen LogP contribution in [-0.4, -0.2) is 31.3 Å². The Bertz CT molecular complexity index is 786. The molecule has 0 amide bonds. The normalized spacial score (nSPS) is 22.9. The number of aryl methyl sites for hydroxylation is 1. The van der Waals surface area contributed by atoms with E-state index in [1.54, 1.807) is 7.11 Å². The maximum Gasteiger partial charge on any atom is 0.161 e. The lowest BCUT2D eigenvalue weighted by atomic mass is 9.83. The summed E-state index contributed by atoms with van der Waals surface area (Å²) in [6.07, 6.45) is 7.41. The van der Waals surface area contributed by atoms with E-state index in [4.69, 9.17) is 14.5 Å². The lowest BCUT2D eigenvalue weighted by Gasteiger charge is -2.31. The highest BCUT2D eigenvalue weighted by Gasteiger charge is 2.25. The quantitative estimate of drug-likeness (QED) is 0.792. The second kappa shape index (κ2) is 8.95. The van der Waals surface area contributed by atoms with E-state index in [1.807, 2.05) is 0 Å². The molecule has 1 aliphatic carbocycles. The number of hydrogen-bond acceptors (Lipinski definition) is 4. The van der Waals surface area contributed by atoms with Crippen molar-refractivity contribution in [3.05, 3.63) is 53.3 Å². The van der Waals surface area contributed by atoms with E-state index in [2.05, 4.69) is 48.6 Å². The molecule has 0 radical (unpaired) electrons. The molecule has 1 aromatic carbocycles. The zero-order chi connectivity index (χ0) is 19.3. The number of benzene rings is 1. The number of hydrogen-bond donors (Lipinski definition) is 1. The molecule has 1 saturated carbocycles. The SMILES string of the molecule is COc1ccc([C@H]2CNC[C@@H](Cc3cccc(C)n3)C2)cc1OC1CCCC1. The zero-order valence-corrected chi connectivity index (χ0v) is 17.1. The summed E-state index contributed by atoms with van der Waals surface area (Å²) in [6, 6.07) is 12.8. The van der Waals surface area contributed by atoms with Gasteiger partial charge in [-0.3, -0.25) is 4.98 Å². The minimum atomic E-state index is 0.341. The van der Waals surface area contributed by atoms with Crippen LogP contribution in [0.15, 0.2) is 36.4 Å². The second-order valence-electron chi connectivity index (χ2n) is 8.37. The lowest BCUT2D eigenvalue weighted by Crippen LogP contribution is -2.36. The first-order valence-corrected chi connectivity index (χ1v) is 10.7. The van der Waals surface area contributed by atoms with Crippen molar-refractivity contribution in [1.29, 1.82) is 0 Å². The van der Waals surface area contributed by atoms with Crippen molar-refractivity contribution in [3.63, 3.8) is 0 Å². The third kappa shape index (κ3) is 4.67. The molecule has 1 aliphatic heterocycles. The monoisotopic (exact) mass is 380 g/mol. The van der Waals surface area contributed by atoms with E-state index < -0.39 is 0 Å². The first-order valence-electron chi connectivity index (χ1n) is 10.7. The molecular weight excluding hydrogens is 348 g/mol. The van der Waals surface area contributed by atoms with Gasteiger partial charge in [0, 0.05) is 17.9 Å². The molecule has 4 nitrogen and oxygen atoms in total. The Balaban J connectivity index is 1.46. The summed E-state index contributed by atoms with van der Waals surface area (Å²) in [6.45, 7) is 4.15. The average molecular weight is 381 g/mol. The van der Waals surface area contributed by atoms with Crippen molar-refractivity contribution in [2.75, 3.05) is 20.2 Å². The molecule has 28 heavy (non-hydrogen) atoms. The van der Waals surface area contributed by atoms with Crippen LogP contribution in [0.5, 0.6) is 11.5 Å². The van der Waals surface area contributed by atoms with Crippen LogP contribution in [0.25, 0.3) is 0 Å². The minimum absolute atomic E-state index is 0.341. The van der Waals surface area contributed by atoms with Crippen molar-refractivity contribution in [1.82, 2.24) is 10.3 Å². The van der Waals surface area contributed by atoms with Gasteiger partial charge in [-0.1, -0.05) is 12.1 Å². The van der Waals surface area contributed by atoms with Crippen LogP contribution in [0.1, 0.15) is 55.0 Å². The smallest absolute Gasteiger partial charge is 0.161 e. The third-order valence-electron chi connectivity index (χ3n) is 6.14. The van der Waals surface area contributed by atoms with Crippen molar-refractivity contribution in [3.8, 4) is 11.5 Å². The highest BCUT2D eigenvalue weighted by atomic mass is 16.5. The molecular formula is C24H32N2O2. The molecule has 4 heteroatoms. The third-order valence-corrected chi connectivity index (χ3v) is 6.14. The molecule has 4 rings (SSSR count). The fourth-order valence-corrected chi connectivity index (χ4v) is 4.67. The van der Waals surface area contributed by atoms with Gasteiger partial charge in [-0.2, -0.15) is 0 Å². The van der Waals surface area contributed by atoms with E-state index in [9.17, 15) is 0 Å². The maximum atomic E-state index is 6.31. The summed E-state index contributed by atoms with van der Waals surface area (Å²) in [5, 5.41) is 3.64. The highest BCUT2D eigenvalue weighted by Crippen LogP contribution is 2.36. The van der Waals surface area contributed by atoms with Gasteiger partial charge in [0.15, 0.2) is 11.5 Å². The van der Waals surface area contributed by atoms with Crippen molar-refractivity contribution < 1.29 is 9.47 Å². The molecule has 0 spiro atoms. The molecule has 2 aliphatic rings. The molecule has 2 heterocycles. The Kier molecular flexibility index (Phi) is 6.16. The van der Waals surface area contributed by atoms with Gasteiger partial charge in [0.05, 0.1) is 13.2 Å². The van der Waals surface area contributed by atoms with Gasteiger partial charge in [-0.25, -0.2) is 0 Å². The molecule has 1 saturated heterocycles. The molecule has 150 valence electrons. The summed E-state index contributed by atoms with van der Waals surface area (Å²) < 4.78 is 11.9. The van der Waals surface area contributed by atoms with Crippen LogP contribution in [0.3, 0.4) is 0 Å². The summed E-state index contributed by atoms with van der Waals surface area (Å²) in [5.74, 6) is 2.86. The van der Waals surface area contributed by atoms with Gasteiger partial charge in [-0.05, 0) is 93.7 Å². The summed E-state index contributed by atoms with van der Waals surface area (Å²) >= 11 is 0. The number of piperidine rings is 1. The second-order valence-corrected chi connectivity index (χ2v) is 8.37. The Morgan fingerprint density at radius 1 is 1.07 bits per heavy atom. The minimum Gasteiger partial charge on any atom is -0.493 e. The first kappa shape index (κ1) is 19.3. The van der Waals surface area contributed by atoms with E-state index in [-0.39, 0.29) is 0 Å². The van der Waals surface area contributed by atoms with Crippen LogP contribution in [0.4, 0.5) is 0 Å². The van der Waals surface area contributed by atoms with Crippen LogP contribution >= 0.6 is 0 Å². The van der Waals surface area contributed by atoms with E-state index in [1.165, 1.54) is 30.5 Å². The van der Waals surface area contributed by atoms with Crippen LogP contribution in [-0.2, 0) is 6.42 Å². The molecule has 0 bridgehead atoms. The van der Waals surface area contributed by atoms with Crippen LogP contribution in [0.2, 0.25) is 0 Å².